The first-order valence-corrected chi connectivity index (χ1v) is 8.64. The summed E-state index contributed by atoms with van der Waals surface area (Å²) in [5.74, 6) is -0.607. The number of halogens is 1. The molecule has 0 fully saturated rings. The number of benzene rings is 2. The van der Waals surface area contributed by atoms with Gasteiger partial charge in [-0.15, -0.1) is 0 Å². The quantitative estimate of drug-likeness (QED) is 0.790. The number of anilines is 2. The highest BCUT2D eigenvalue weighted by Gasteiger charge is 2.33. The Morgan fingerprint density at radius 3 is 2.81 bits per heavy atom. The van der Waals surface area contributed by atoms with Gasteiger partial charge in [0.1, 0.15) is 0 Å². The Kier molecular flexibility index (Phi) is 5.53. The number of amides is 2. The number of carbonyl (C=O) groups is 2. The number of oxime groups is 1. The Hall–Kier alpha value is -2.86. The second-order valence-corrected chi connectivity index (χ2v) is 6.18. The van der Waals surface area contributed by atoms with E-state index in [9.17, 15) is 9.59 Å². The molecule has 0 atom stereocenters. The Labute approximate surface area is 156 Å². The summed E-state index contributed by atoms with van der Waals surface area (Å²) in [6.45, 7) is 2.30. The number of nitrogens with one attached hydrogen (secondary N) is 1. The van der Waals surface area contributed by atoms with Gasteiger partial charge in [0.05, 0.1) is 5.69 Å². The summed E-state index contributed by atoms with van der Waals surface area (Å²) in [6, 6.07) is 14.2. The summed E-state index contributed by atoms with van der Waals surface area (Å²) in [5, 5.41) is 7.09. The molecule has 26 heavy (non-hydrogen) atoms. The predicted octanol–water partition coefficient (Wildman–Crippen LogP) is 3.46. The molecule has 1 aliphatic rings. The van der Waals surface area contributed by atoms with E-state index in [4.69, 9.17) is 16.4 Å². The first-order valence-electron chi connectivity index (χ1n) is 8.26. The van der Waals surface area contributed by atoms with Crippen LogP contribution in [-0.2, 0) is 14.4 Å². The fraction of sp³-hybridized carbons (Fsp3) is 0.211. The van der Waals surface area contributed by atoms with E-state index in [1.54, 1.807) is 29.2 Å². The Bertz CT molecular complexity index is 867. The van der Waals surface area contributed by atoms with Gasteiger partial charge >= 0.3 is 0 Å². The average molecular weight is 372 g/mol. The van der Waals surface area contributed by atoms with E-state index in [1.807, 2.05) is 31.2 Å². The van der Waals surface area contributed by atoms with Crippen LogP contribution in [0.4, 0.5) is 11.4 Å². The molecule has 2 aromatic rings. The van der Waals surface area contributed by atoms with E-state index >= 15 is 0 Å². The molecule has 1 N–H and O–H groups in total. The van der Waals surface area contributed by atoms with E-state index in [0.29, 0.717) is 22.8 Å². The molecule has 0 saturated heterocycles. The molecule has 0 aliphatic carbocycles. The van der Waals surface area contributed by atoms with Crippen molar-refractivity contribution >= 4 is 40.5 Å². The number of hydrogen-bond acceptors (Lipinski definition) is 4. The molecule has 0 radical (unpaired) electrons. The molecule has 2 amide bonds. The van der Waals surface area contributed by atoms with E-state index < -0.39 is 0 Å². The van der Waals surface area contributed by atoms with Crippen LogP contribution in [0.3, 0.4) is 0 Å². The normalized spacial score (nSPS) is 14.5. The van der Waals surface area contributed by atoms with Crippen molar-refractivity contribution in [1.29, 1.82) is 0 Å². The highest BCUT2D eigenvalue weighted by atomic mass is 35.5. The van der Waals surface area contributed by atoms with Gasteiger partial charge in [-0.1, -0.05) is 47.9 Å². The number of hydrogen-bond donors (Lipinski definition) is 1. The lowest BCUT2D eigenvalue weighted by Gasteiger charge is -2.14. The zero-order valence-corrected chi connectivity index (χ0v) is 15.0. The maximum atomic E-state index is 12.6. The minimum Gasteiger partial charge on any atom is -0.385 e. The van der Waals surface area contributed by atoms with Crippen LogP contribution in [0.1, 0.15) is 18.9 Å². The SMILES string of the molecule is CCCN1C(=O)/C(=N\OCC(=O)Nc2cccc(Cl)c2)c2ccccc21. The van der Waals surface area contributed by atoms with Crippen LogP contribution >= 0.6 is 11.6 Å². The standard InChI is InChI=1S/C19H18ClN3O3/c1-2-10-23-16-9-4-3-8-15(16)18(19(23)25)22-26-12-17(24)21-14-7-5-6-13(20)11-14/h3-9,11H,2,10,12H2,1H3,(H,21,24)/b22-18-. The van der Waals surface area contributed by atoms with E-state index in [1.165, 1.54) is 0 Å². The van der Waals surface area contributed by atoms with Crippen molar-refractivity contribution in [2.45, 2.75) is 13.3 Å². The summed E-state index contributed by atoms with van der Waals surface area (Å²) in [7, 11) is 0. The predicted molar refractivity (Wildman–Crippen MR) is 102 cm³/mol. The molecule has 0 aromatic heterocycles. The third-order valence-electron chi connectivity index (χ3n) is 3.80. The summed E-state index contributed by atoms with van der Waals surface area (Å²) < 4.78 is 0. The van der Waals surface area contributed by atoms with Crippen molar-refractivity contribution in [2.75, 3.05) is 23.4 Å². The molecule has 6 nitrogen and oxygen atoms in total. The van der Waals surface area contributed by atoms with Crippen LogP contribution < -0.4 is 10.2 Å². The van der Waals surface area contributed by atoms with Gasteiger partial charge in [-0.25, -0.2) is 0 Å². The Balaban J connectivity index is 1.66. The van der Waals surface area contributed by atoms with E-state index in [-0.39, 0.29) is 24.1 Å². The molecule has 3 rings (SSSR count). The second kappa shape index (κ2) is 8.01. The van der Waals surface area contributed by atoms with Crippen molar-refractivity contribution < 1.29 is 14.4 Å². The molecular formula is C19H18ClN3O3. The minimum atomic E-state index is -0.388. The second-order valence-electron chi connectivity index (χ2n) is 5.75. The van der Waals surface area contributed by atoms with Crippen molar-refractivity contribution in [3.8, 4) is 0 Å². The molecule has 7 heteroatoms. The van der Waals surface area contributed by atoms with Crippen molar-refractivity contribution in [1.82, 2.24) is 0 Å². The highest BCUT2D eigenvalue weighted by molar-refractivity contribution is 6.54. The van der Waals surface area contributed by atoms with Crippen LogP contribution in [0, 0.1) is 0 Å². The lowest BCUT2D eigenvalue weighted by atomic mass is 10.1. The highest BCUT2D eigenvalue weighted by Crippen LogP contribution is 2.29. The van der Waals surface area contributed by atoms with Gasteiger partial charge in [-0.2, -0.15) is 0 Å². The maximum absolute atomic E-state index is 12.6. The molecule has 0 unspecified atom stereocenters. The fourth-order valence-electron chi connectivity index (χ4n) is 2.71. The first-order chi connectivity index (χ1) is 12.6. The molecule has 0 saturated carbocycles. The van der Waals surface area contributed by atoms with Gasteiger partial charge in [0.2, 0.25) is 0 Å². The van der Waals surface area contributed by atoms with Crippen molar-refractivity contribution in [3.63, 3.8) is 0 Å². The molecule has 1 heterocycles. The Morgan fingerprint density at radius 2 is 2.04 bits per heavy atom. The largest absolute Gasteiger partial charge is 0.385 e. The van der Waals surface area contributed by atoms with Gasteiger partial charge in [-0.05, 0) is 30.7 Å². The van der Waals surface area contributed by atoms with Crippen LogP contribution in [-0.4, -0.2) is 30.7 Å². The lowest BCUT2D eigenvalue weighted by Crippen LogP contribution is -2.31. The molecule has 1 aliphatic heterocycles. The number of carbonyl (C=O) groups excluding carboxylic acids is 2. The smallest absolute Gasteiger partial charge is 0.281 e. The molecular weight excluding hydrogens is 354 g/mol. The zero-order chi connectivity index (χ0) is 18.5. The van der Waals surface area contributed by atoms with E-state index in [2.05, 4.69) is 10.5 Å². The van der Waals surface area contributed by atoms with Crippen LogP contribution in [0.2, 0.25) is 5.02 Å². The third kappa shape index (κ3) is 3.86. The van der Waals surface area contributed by atoms with E-state index in [0.717, 1.165) is 12.1 Å². The third-order valence-corrected chi connectivity index (χ3v) is 4.04. The molecule has 0 spiro atoms. The van der Waals surface area contributed by atoms with Crippen LogP contribution in [0.15, 0.2) is 53.7 Å². The monoisotopic (exact) mass is 371 g/mol. The topological polar surface area (TPSA) is 71.0 Å². The number of rotatable bonds is 6. The summed E-state index contributed by atoms with van der Waals surface area (Å²) in [4.78, 5) is 31.3. The molecule has 134 valence electrons. The zero-order valence-electron chi connectivity index (χ0n) is 14.2. The van der Waals surface area contributed by atoms with Gasteiger partial charge in [0.25, 0.3) is 11.8 Å². The Morgan fingerprint density at radius 1 is 1.23 bits per heavy atom. The minimum absolute atomic E-state index is 0.213. The molecule has 0 bridgehead atoms. The maximum Gasteiger partial charge on any atom is 0.281 e. The van der Waals surface area contributed by atoms with Gasteiger partial charge < -0.3 is 15.1 Å². The van der Waals surface area contributed by atoms with Crippen molar-refractivity contribution in [2.24, 2.45) is 5.16 Å². The average Bonchev–Trinajstić information content (AvgIpc) is 2.88. The van der Waals surface area contributed by atoms with Gasteiger partial charge in [0, 0.05) is 22.8 Å². The fourth-order valence-corrected chi connectivity index (χ4v) is 2.90. The number of para-hydroxylation sites is 1. The van der Waals surface area contributed by atoms with Gasteiger partial charge in [-0.3, -0.25) is 9.59 Å². The van der Waals surface area contributed by atoms with Crippen LogP contribution in [0.25, 0.3) is 0 Å². The summed E-state index contributed by atoms with van der Waals surface area (Å²) >= 11 is 5.88. The van der Waals surface area contributed by atoms with Crippen molar-refractivity contribution in [3.05, 3.63) is 59.1 Å². The summed E-state index contributed by atoms with van der Waals surface area (Å²) in [6.07, 6.45) is 0.830. The number of nitrogens with zero attached hydrogens (tertiary/aromatic N) is 2. The number of fused-ring (bicyclic) bond motifs is 1. The van der Waals surface area contributed by atoms with Gasteiger partial charge in [0.15, 0.2) is 12.3 Å². The summed E-state index contributed by atoms with van der Waals surface area (Å²) in [5.41, 5.74) is 2.30. The first kappa shape index (κ1) is 17.9. The lowest BCUT2D eigenvalue weighted by molar-refractivity contribution is -0.120. The molecule has 2 aromatic carbocycles. The van der Waals surface area contributed by atoms with Crippen LogP contribution in [0.5, 0.6) is 0 Å².